The van der Waals surface area contributed by atoms with E-state index in [4.69, 9.17) is 17.3 Å². The molecule has 0 aliphatic rings. The van der Waals surface area contributed by atoms with E-state index in [9.17, 15) is 0 Å². The van der Waals surface area contributed by atoms with E-state index < -0.39 is 0 Å². The van der Waals surface area contributed by atoms with Crippen LogP contribution in [0.15, 0.2) is 46.2 Å². The zero-order valence-corrected chi connectivity index (χ0v) is 12.8. The molecule has 0 aliphatic carbocycles. The highest BCUT2D eigenvalue weighted by molar-refractivity contribution is 7.99. The number of nitrogens with two attached hydrogens (primary N) is 1. The van der Waals surface area contributed by atoms with Gasteiger partial charge in [-0.2, -0.15) is 0 Å². The molecule has 0 spiro atoms. The van der Waals surface area contributed by atoms with Crippen molar-refractivity contribution in [1.82, 2.24) is 0 Å². The maximum Gasteiger partial charge on any atom is 0.0409 e. The van der Waals surface area contributed by atoms with Gasteiger partial charge in [0.05, 0.1) is 0 Å². The first-order valence-corrected chi connectivity index (χ1v) is 7.53. The van der Waals surface area contributed by atoms with E-state index in [1.165, 1.54) is 26.5 Å². The Bertz CT molecular complexity index is 581. The lowest BCUT2D eigenvalue weighted by Gasteiger charge is -2.11. The van der Waals surface area contributed by atoms with E-state index in [0.717, 1.165) is 11.4 Å². The van der Waals surface area contributed by atoms with Gasteiger partial charge in [-0.05, 0) is 62.2 Å². The summed E-state index contributed by atoms with van der Waals surface area (Å²) < 4.78 is 0. The third-order valence-electron chi connectivity index (χ3n) is 2.99. The van der Waals surface area contributed by atoms with Gasteiger partial charge in [0.15, 0.2) is 0 Å². The van der Waals surface area contributed by atoms with Crippen molar-refractivity contribution in [1.29, 1.82) is 0 Å². The number of benzene rings is 2. The van der Waals surface area contributed by atoms with E-state index in [2.05, 4.69) is 38.1 Å². The van der Waals surface area contributed by atoms with E-state index in [-0.39, 0.29) is 0 Å². The van der Waals surface area contributed by atoms with Gasteiger partial charge in [-0.1, -0.05) is 41.1 Å². The van der Waals surface area contributed by atoms with Crippen LogP contribution >= 0.6 is 23.4 Å². The van der Waals surface area contributed by atoms with Crippen molar-refractivity contribution < 1.29 is 0 Å². The molecule has 0 bridgehead atoms. The number of aryl methyl sites for hydroxylation is 2. The molecule has 0 heterocycles. The Kier molecular flexibility index (Phi) is 4.92. The summed E-state index contributed by atoms with van der Waals surface area (Å²) in [4.78, 5) is 2.52. The van der Waals surface area contributed by atoms with Crippen LogP contribution in [0.3, 0.4) is 0 Å². The molecule has 19 heavy (non-hydrogen) atoms. The highest BCUT2D eigenvalue weighted by Crippen LogP contribution is 2.34. The first-order chi connectivity index (χ1) is 9.10. The monoisotopic (exact) mass is 291 g/mol. The third kappa shape index (κ3) is 3.75. The van der Waals surface area contributed by atoms with Crippen LogP contribution in [-0.2, 0) is 6.42 Å². The van der Waals surface area contributed by atoms with E-state index in [1.807, 2.05) is 12.1 Å². The van der Waals surface area contributed by atoms with Crippen molar-refractivity contribution in [3.8, 4) is 0 Å². The molecule has 2 aromatic carbocycles. The van der Waals surface area contributed by atoms with Gasteiger partial charge in [0.1, 0.15) is 0 Å². The van der Waals surface area contributed by atoms with Crippen molar-refractivity contribution >= 4 is 23.4 Å². The van der Waals surface area contributed by atoms with Gasteiger partial charge in [0, 0.05) is 14.8 Å². The van der Waals surface area contributed by atoms with Crippen molar-refractivity contribution in [3.63, 3.8) is 0 Å². The zero-order valence-electron chi connectivity index (χ0n) is 11.2. The molecule has 0 aliphatic heterocycles. The topological polar surface area (TPSA) is 26.0 Å². The first-order valence-electron chi connectivity index (χ1n) is 6.34. The number of rotatable bonds is 4. The van der Waals surface area contributed by atoms with Crippen LogP contribution in [0.2, 0.25) is 5.02 Å². The molecule has 2 N–H and O–H groups in total. The molecule has 0 unspecified atom stereocenters. The Morgan fingerprint density at radius 1 is 1.05 bits per heavy atom. The minimum atomic E-state index is 0.640. The average Bonchev–Trinajstić information content (AvgIpc) is 2.36. The molecule has 0 amide bonds. The Hall–Kier alpha value is -0.960. The van der Waals surface area contributed by atoms with Crippen LogP contribution in [0.4, 0.5) is 0 Å². The SMILES string of the molecule is Cc1ccc(Sc2ccc(Cl)cc2CCN)c(C)c1. The lowest BCUT2D eigenvalue weighted by atomic mass is 10.1. The predicted molar refractivity (Wildman–Crippen MR) is 84.2 cm³/mol. The largest absolute Gasteiger partial charge is 0.330 e. The molecule has 0 aromatic heterocycles. The Morgan fingerprint density at radius 3 is 2.47 bits per heavy atom. The number of hydrogen-bond donors (Lipinski definition) is 1. The summed E-state index contributed by atoms with van der Waals surface area (Å²) in [5.41, 5.74) is 9.49. The standard InChI is InChI=1S/C16H18ClNS/c1-11-3-5-15(12(2)9-11)19-16-6-4-14(17)10-13(16)7-8-18/h3-6,9-10H,7-8,18H2,1-2H3. The Labute approximate surface area is 124 Å². The number of hydrogen-bond acceptors (Lipinski definition) is 2. The van der Waals surface area contributed by atoms with Crippen molar-refractivity contribution in [2.45, 2.75) is 30.1 Å². The summed E-state index contributed by atoms with van der Waals surface area (Å²) in [6.45, 7) is 4.90. The molecule has 3 heteroatoms. The van der Waals surface area contributed by atoms with Gasteiger partial charge < -0.3 is 5.73 Å². The van der Waals surface area contributed by atoms with Gasteiger partial charge in [0.2, 0.25) is 0 Å². The molecule has 1 nitrogen and oxygen atoms in total. The van der Waals surface area contributed by atoms with Crippen LogP contribution in [-0.4, -0.2) is 6.54 Å². The molecular formula is C16H18ClNS. The highest BCUT2D eigenvalue weighted by Gasteiger charge is 2.07. The molecule has 100 valence electrons. The lowest BCUT2D eigenvalue weighted by Crippen LogP contribution is -2.03. The van der Waals surface area contributed by atoms with Crippen LogP contribution in [0.1, 0.15) is 16.7 Å². The summed E-state index contributed by atoms with van der Waals surface area (Å²) in [5, 5.41) is 0.772. The van der Waals surface area contributed by atoms with E-state index in [0.29, 0.717) is 6.54 Å². The highest BCUT2D eigenvalue weighted by atomic mass is 35.5. The van der Waals surface area contributed by atoms with Crippen LogP contribution in [0, 0.1) is 13.8 Å². The Balaban J connectivity index is 2.32. The second kappa shape index (κ2) is 6.47. The van der Waals surface area contributed by atoms with Crippen LogP contribution in [0.5, 0.6) is 0 Å². The fourth-order valence-corrected chi connectivity index (χ4v) is 3.25. The second-order valence-electron chi connectivity index (χ2n) is 4.66. The van der Waals surface area contributed by atoms with Gasteiger partial charge >= 0.3 is 0 Å². The normalized spacial score (nSPS) is 10.7. The zero-order chi connectivity index (χ0) is 13.8. The average molecular weight is 292 g/mol. The minimum Gasteiger partial charge on any atom is -0.330 e. The van der Waals surface area contributed by atoms with Gasteiger partial charge in [-0.25, -0.2) is 0 Å². The first kappa shape index (κ1) is 14.4. The summed E-state index contributed by atoms with van der Waals surface area (Å²) >= 11 is 7.84. The lowest BCUT2D eigenvalue weighted by molar-refractivity contribution is 0.944. The summed E-state index contributed by atoms with van der Waals surface area (Å²) in [6.07, 6.45) is 0.855. The fraction of sp³-hybridized carbons (Fsp3) is 0.250. The van der Waals surface area contributed by atoms with E-state index in [1.54, 1.807) is 11.8 Å². The minimum absolute atomic E-state index is 0.640. The molecule has 0 saturated carbocycles. The van der Waals surface area contributed by atoms with E-state index >= 15 is 0 Å². The smallest absolute Gasteiger partial charge is 0.0409 e. The molecule has 0 saturated heterocycles. The molecular weight excluding hydrogens is 274 g/mol. The molecule has 2 rings (SSSR count). The summed E-state index contributed by atoms with van der Waals surface area (Å²) in [7, 11) is 0. The predicted octanol–water partition coefficient (Wildman–Crippen LogP) is 4.61. The van der Waals surface area contributed by atoms with Crippen molar-refractivity contribution in [3.05, 3.63) is 58.1 Å². The van der Waals surface area contributed by atoms with Gasteiger partial charge in [-0.3, -0.25) is 0 Å². The van der Waals surface area contributed by atoms with Crippen molar-refractivity contribution in [2.24, 2.45) is 5.73 Å². The summed E-state index contributed by atoms with van der Waals surface area (Å²) in [5.74, 6) is 0. The molecule has 0 atom stereocenters. The summed E-state index contributed by atoms with van der Waals surface area (Å²) in [6, 6.07) is 12.6. The quantitative estimate of drug-likeness (QED) is 0.890. The molecule has 0 fully saturated rings. The van der Waals surface area contributed by atoms with Crippen molar-refractivity contribution in [2.75, 3.05) is 6.54 Å². The second-order valence-corrected chi connectivity index (χ2v) is 6.18. The number of halogens is 1. The van der Waals surface area contributed by atoms with Gasteiger partial charge in [0.25, 0.3) is 0 Å². The maximum absolute atomic E-state index is 6.06. The fourth-order valence-electron chi connectivity index (χ4n) is 2.03. The van der Waals surface area contributed by atoms with Crippen LogP contribution < -0.4 is 5.73 Å². The third-order valence-corrected chi connectivity index (χ3v) is 4.52. The molecule has 2 aromatic rings. The maximum atomic E-state index is 6.06. The van der Waals surface area contributed by atoms with Crippen LogP contribution in [0.25, 0.3) is 0 Å². The van der Waals surface area contributed by atoms with Gasteiger partial charge in [-0.15, -0.1) is 0 Å². The Morgan fingerprint density at radius 2 is 1.79 bits per heavy atom. The molecule has 0 radical (unpaired) electrons.